The lowest BCUT2D eigenvalue weighted by Gasteiger charge is -2.26. The Kier molecular flexibility index (Phi) is 5.15. The summed E-state index contributed by atoms with van der Waals surface area (Å²) < 4.78 is 27.1. The van der Waals surface area contributed by atoms with Gasteiger partial charge in [-0.05, 0) is 24.3 Å². The first-order chi connectivity index (χ1) is 10.3. The van der Waals surface area contributed by atoms with Crippen LogP contribution in [0.2, 0.25) is 0 Å². The van der Waals surface area contributed by atoms with Crippen LogP contribution in [0.5, 0.6) is 0 Å². The number of benzene rings is 1. The molecule has 2 rings (SSSR count). The van der Waals surface area contributed by atoms with E-state index in [0.717, 1.165) is 11.9 Å². The Hall–Kier alpha value is -1.93. The van der Waals surface area contributed by atoms with Gasteiger partial charge in [-0.2, -0.15) is 0 Å². The van der Waals surface area contributed by atoms with Gasteiger partial charge in [0.2, 0.25) is 5.91 Å². The summed E-state index contributed by atoms with van der Waals surface area (Å²) in [5, 5.41) is 2.62. The molecule has 120 valence electrons. The van der Waals surface area contributed by atoms with Crippen LogP contribution in [0.25, 0.3) is 0 Å². The van der Waals surface area contributed by atoms with Crippen LogP contribution in [0.3, 0.4) is 0 Å². The van der Waals surface area contributed by atoms with Crippen LogP contribution in [-0.2, 0) is 24.2 Å². The Labute approximate surface area is 129 Å². The summed E-state index contributed by atoms with van der Waals surface area (Å²) >= 11 is 0. The molecule has 1 aromatic carbocycles. The van der Waals surface area contributed by atoms with Crippen LogP contribution in [0.15, 0.2) is 24.3 Å². The minimum absolute atomic E-state index is 0.0734. The maximum absolute atomic E-state index is 11.7. The molecule has 2 amide bonds. The largest absolute Gasteiger partial charge is 0.370 e. The predicted octanol–water partition coefficient (Wildman–Crippen LogP) is 0.423. The number of morpholine rings is 1. The van der Waals surface area contributed by atoms with Crippen LogP contribution in [0, 0.1) is 0 Å². The molecule has 0 aliphatic carbocycles. The second kappa shape index (κ2) is 6.89. The van der Waals surface area contributed by atoms with Gasteiger partial charge in [0.15, 0.2) is 0 Å². The van der Waals surface area contributed by atoms with E-state index < -0.39 is 9.84 Å². The molecule has 7 nitrogen and oxygen atoms in total. The Bertz CT molecular complexity index is 654. The van der Waals surface area contributed by atoms with E-state index in [1.165, 1.54) is 0 Å². The van der Waals surface area contributed by atoms with Crippen LogP contribution in [0.1, 0.15) is 6.42 Å². The van der Waals surface area contributed by atoms with Crippen molar-refractivity contribution in [1.82, 2.24) is 0 Å². The molecular formula is C14H18N2O5S. The van der Waals surface area contributed by atoms with E-state index in [4.69, 9.17) is 4.74 Å². The van der Waals surface area contributed by atoms with Gasteiger partial charge >= 0.3 is 0 Å². The molecule has 1 aliphatic heterocycles. The van der Waals surface area contributed by atoms with Crippen LogP contribution in [-0.4, -0.2) is 52.0 Å². The third-order valence-corrected chi connectivity index (χ3v) is 4.09. The van der Waals surface area contributed by atoms with Crippen molar-refractivity contribution in [3.8, 4) is 0 Å². The molecule has 0 saturated carbocycles. The van der Waals surface area contributed by atoms with E-state index >= 15 is 0 Å². The van der Waals surface area contributed by atoms with E-state index in [1.807, 2.05) is 0 Å². The second-order valence-corrected chi connectivity index (χ2v) is 7.33. The molecule has 1 aromatic rings. The van der Waals surface area contributed by atoms with Gasteiger partial charge in [-0.15, -0.1) is 0 Å². The molecule has 1 heterocycles. The van der Waals surface area contributed by atoms with Crippen LogP contribution < -0.4 is 10.2 Å². The maximum Gasteiger partial charge on any atom is 0.253 e. The average Bonchev–Trinajstić information content (AvgIpc) is 2.46. The van der Waals surface area contributed by atoms with Crippen molar-refractivity contribution in [2.75, 3.05) is 42.0 Å². The fourth-order valence-corrected chi connectivity index (χ4v) is 2.57. The van der Waals surface area contributed by atoms with Crippen molar-refractivity contribution in [2.45, 2.75) is 6.42 Å². The van der Waals surface area contributed by atoms with Crippen molar-refractivity contribution in [2.24, 2.45) is 0 Å². The van der Waals surface area contributed by atoms with Gasteiger partial charge in [-0.3, -0.25) is 9.59 Å². The standard InChI is InChI=1S/C14H18N2O5S/c1-22(19,20)9-6-13(17)15-11-2-4-12(5-3-11)16-7-8-21-10-14(16)18/h2-5H,6-10H2,1H3,(H,15,17). The molecule has 0 bridgehead atoms. The number of sulfone groups is 1. The smallest absolute Gasteiger partial charge is 0.253 e. The number of rotatable bonds is 5. The fraction of sp³-hybridized carbons (Fsp3) is 0.429. The highest BCUT2D eigenvalue weighted by molar-refractivity contribution is 7.90. The lowest BCUT2D eigenvalue weighted by atomic mass is 10.2. The predicted molar refractivity (Wildman–Crippen MR) is 82.6 cm³/mol. The molecule has 8 heteroatoms. The molecule has 0 spiro atoms. The van der Waals surface area contributed by atoms with Gasteiger partial charge in [-0.1, -0.05) is 0 Å². The Morgan fingerprint density at radius 2 is 2.00 bits per heavy atom. The Balaban J connectivity index is 1.94. The zero-order valence-electron chi connectivity index (χ0n) is 12.2. The van der Waals surface area contributed by atoms with Gasteiger partial charge in [0.25, 0.3) is 5.91 Å². The summed E-state index contributed by atoms with van der Waals surface area (Å²) in [5.41, 5.74) is 1.30. The zero-order valence-corrected chi connectivity index (χ0v) is 13.1. The molecule has 1 fully saturated rings. The summed E-state index contributed by atoms with van der Waals surface area (Å²) in [6.07, 6.45) is 1.01. The lowest BCUT2D eigenvalue weighted by Crippen LogP contribution is -2.41. The van der Waals surface area contributed by atoms with E-state index in [2.05, 4.69) is 5.32 Å². The molecule has 0 atom stereocenters. The first kappa shape index (κ1) is 16.4. The number of carbonyl (C=O) groups excluding carboxylic acids is 2. The molecular weight excluding hydrogens is 308 g/mol. The van der Waals surface area contributed by atoms with Crippen molar-refractivity contribution in [3.63, 3.8) is 0 Å². The summed E-state index contributed by atoms with van der Waals surface area (Å²) in [6, 6.07) is 6.82. The van der Waals surface area contributed by atoms with Gasteiger partial charge in [-0.25, -0.2) is 8.42 Å². The van der Waals surface area contributed by atoms with Crippen LogP contribution in [0.4, 0.5) is 11.4 Å². The number of nitrogens with one attached hydrogen (secondary N) is 1. The number of amides is 2. The third kappa shape index (κ3) is 4.81. The van der Waals surface area contributed by atoms with Crippen molar-refractivity contribution in [1.29, 1.82) is 0 Å². The van der Waals surface area contributed by atoms with Crippen molar-refractivity contribution >= 4 is 33.0 Å². The Morgan fingerprint density at radius 3 is 2.59 bits per heavy atom. The molecule has 1 aliphatic rings. The summed E-state index contributed by atoms with van der Waals surface area (Å²) in [5.74, 6) is -0.643. The third-order valence-electron chi connectivity index (χ3n) is 3.15. The first-order valence-corrected chi connectivity index (χ1v) is 8.87. The highest BCUT2D eigenvalue weighted by atomic mass is 32.2. The normalized spacial score (nSPS) is 15.7. The van der Waals surface area contributed by atoms with Gasteiger partial charge < -0.3 is 15.0 Å². The molecule has 22 heavy (non-hydrogen) atoms. The topological polar surface area (TPSA) is 92.8 Å². The Morgan fingerprint density at radius 1 is 1.32 bits per heavy atom. The maximum atomic E-state index is 11.7. The number of ether oxygens (including phenoxy) is 1. The molecule has 1 saturated heterocycles. The molecule has 0 unspecified atom stereocenters. The molecule has 0 aromatic heterocycles. The number of nitrogens with zero attached hydrogens (tertiary/aromatic N) is 1. The number of anilines is 2. The zero-order chi connectivity index (χ0) is 16.2. The van der Waals surface area contributed by atoms with Crippen molar-refractivity contribution in [3.05, 3.63) is 24.3 Å². The first-order valence-electron chi connectivity index (χ1n) is 6.81. The number of hydrogen-bond donors (Lipinski definition) is 1. The average molecular weight is 326 g/mol. The highest BCUT2D eigenvalue weighted by Gasteiger charge is 2.19. The molecule has 0 radical (unpaired) electrons. The summed E-state index contributed by atoms with van der Waals surface area (Å²) in [4.78, 5) is 25.0. The quantitative estimate of drug-likeness (QED) is 0.847. The van der Waals surface area contributed by atoms with E-state index in [1.54, 1.807) is 29.2 Å². The fourth-order valence-electron chi connectivity index (χ4n) is 2.02. The van der Waals surface area contributed by atoms with Crippen molar-refractivity contribution < 1.29 is 22.7 Å². The van der Waals surface area contributed by atoms with E-state index in [-0.39, 0.29) is 30.6 Å². The van der Waals surface area contributed by atoms with Crippen LogP contribution >= 0.6 is 0 Å². The SMILES string of the molecule is CS(=O)(=O)CCC(=O)Nc1ccc(N2CCOCC2=O)cc1. The van der Waals surface area contributed by atoms with Gasteiger partial charge in [0.05, 0.1) is 12.4 Å². The monoisotopic (exact) mass is 326 g/mol. The lowest BCUT2D eigenvalue weighted by molar-refractivity contribution is -0.125. The molecule has 1 N–H and O–H groups in total. The van der Waals surface area contributed by atoms with Gasteiger partial charge in [0, 0.05) is 30.6 Å². The minimum atomic E-state index is -3.16. The summed E-state index contributed by atoms with van der Waals surface area (Å²) in [6.45, 7) is 1.07. The van der Waals surface area contributed by atoms with E-state index in [9.17, 15) is 18.0 Å². The number of carbonyl (C=O) groups is 2. The van der Waals surface area contributed by atoms with Gasteiger partial charge in [0.1, 0.15) is 16.4 Å². The summed E-state index contributed by atoms with van der Waals surface area (Å²) in [7, 11) is -3.16. The highest BCUT2D eigenvalue weighted by Crippen LogP contribution is 2.19. The second-order valence-electron chi connectivity index (χ2n) is 5.07. The number of hydrogen-bond acceptors (Lipinski definition) is 5. The minimum Gasteiger partial charge on any atom is -0.370 e. The van der Waals surface area contributed by atoms with E-state index in [0.29, 0.717) is 18.8 Å².